The van der Waals surface area contributed by atoms with Crippen molar-refractivity contribution in [3.63, 3.8) is 0 Å². The first-order chi connectivity index (χ1) is 7.03. The summed E-state index contributed by atoms with van der Waals surface area (Å²) in [5, 5.41) is 5.09. The number of nitrogens with one attached hydrogen (secondary N) is 1. The lowest BCUT2D eigenvalue weighted by atomic mass is 10.0. The van der Waals surface area contributed by atoms with Crippen LogP contribution in [0.5, 0.6) is 0 Å². The molecule has 3 amide bonds. The van der Waals surface area contributed by atoms with Crippen LogP contribution in [-0.4, -0.2) is 28.4 Å². The van der Waals surface area contributed by atoms with Gasteiger partial charge in [-0.2, -0.15) is 0 Å². The summed E-state index contributed by atoms with van der Waals surface area (Å²) >= 11 is 1.44. The third-order valence-electron chi connectivity index (χ3n) is 2.36. The molecule has 0 aliphatic carbocycles. The van der Waals surface area contributed by atoms with Gasteiger partial charge in [-0.15, -0.1) is 11.3 Å². The van der Waals surface area contributed by atoms with Gasteiger partial charge in [-0.05, 0) is 13.8 Å². The average molecular weight is 225 g/mol. The second-order valence-electron chi connectivity index (χ2n) is 3.78. The largest absolute Gasteiger partial charge is 0.329 e. The lowest BCUT2D eigenvalue weighted by Gasteiger charge is -2.30. The fraction of sp³-hybridized carbons (Fsp3) is 0.444. The van der Waals surface area contributed by atoms with E-state index >= 15 is 0 Å². The smallest absolute Gasteiger partial charge is 0.325 e. The van der Waals surface area contributed by atoms with Gasteiger partial charge in [0.15, 0.2) is 0 Å². The zero-order valence-electron chi connectivity index (χ0n) is 8.48. The number of hydrogen-bond donors (Lipinski definition) is 1. The Bertz CT molecular complexity index is 383. The number of nitrogens with zero attached hydrogens (tertiary/aromatic N) is 2. The van der Waals surface area contributed by atoms with Crippen LogP contribution in [0.1, 0.15) is 18.9 Å². The zero-order chi connectivity index (χ0) is 11.1. The molecule has 0 bridgehead atoms. The van der Waals surface area contributed by atoms with E-state index in [0.717, 1.165) is 5.01 Å². The number of carbonyl (C=O) groups excluding carboxylic acids is 2. The Morgan fingerprint density at radius 1 is 1.53 bits per heavy atom. The van der Waals surface area contributed by atoms with Crippen molar-refractivity contribution in [2.24, 2.45) is 0 Å². The van der Waals surface area contributed by atoms with Crippen molar-refractivity contribution in [3.8, 4) is 0 Å². The van der Waals surface area contributed by atoms with Crippen LogP contribution in [0.15, 0.2) is 11.6 Å². The third-order valence-corrected chi connectivity index (χ3v) is 3.44. The van der Waals surface area contributed by atoms with Gasteiger partial charge in [-0.1, -0.05) is 0 Å². The minimum atomic E-state index is -0.675. The molecule has 0 spiro atoms. The molecule has 1 saturated heterocycles. The Balaban J connectivity index is 2.37. The van der Waals surface area contributed by atoms with Gasteiger partial charge in [0.2, 0.25) is 0 Å². The number of imide groups is 1. The van der Waals surface area contributed by atoms with Crippen LogP contribution in [0, 0.1) is 0 Å². The summed E-state index contributed by atoms with van der Waals surface area (Å²) in [6.45, 7) is 3.71. The summed E-state index contributed by atoms with van der Waals surface area (Å²) < 4.78 is 0. The summed E-state index contributed by atoms with van der Waals surface area (Å²) in [6.07, 6.45) is 1.67. The van der Waals surface area contributed by atoms with Crippen molar-refractivity contribution in [1.29, 1.82) is 0 Å². The van der Waals surface area contributed by atoms with Crippen LogP contribution in [0.25, 0.3) is 0 Å². The van der Waals surface area contributed by atoms with E-state index in [0.29, 0.717) is 0 Å². The molecule has 5 nitrogen and oxygen atoms in total. The standard InChI is InChI=1S/C9H11N3O2S/c1-9(2,7-10-3-4-15-7)12-6(13)5-11-8(12)14/h3-4H,5H2,1-2H3,(H,11,14). The Morgan fingerprint density at radius 2 is 2.27 bits per heavy atom. The van der Waals surface area contributed by atoms with Gasteiger partial charge < -0.3 is 5.32 Å². The molecule has 0 radical (unpaired) electrons. The lowest BCUT2D eigenvalue weighted by Crippen LogP contribution is -2.45. The maximum atomic E-state index is 11.5. The van der Waals surface area contributed by atoms with E-state index < -0.39 is 5.54 Å². The highest BCUT2D eigenvalue weighted by molar-refractivity contribution is 7.09. The van der Waals surface area contributed by atoms with Gasteiger partial charge in [-0.25, -0.2) is 9.78 Å². The number of rotatable bonds is 2. The van der Waals surface area contributed by atoms with Gasteiger partial charge in [-0.3, -0.25) is 9.69 Å². The van der Waals surface area contributed by atoms with E-state index in [-0.39, 0.29) is 18.5 Å². The first kappa shape index (κ1) is 10.1. The van der Waals surface area contributed by atoms with Crippen LogP contribution in [0.3, 0.4) is 0 Å². The van der Waals surface area contributed by atoms with E-state index in [1.165, 1.54) is 16.2 Å². The van der Waals surface area contributed by atoms with Crippen molar-refractivity contribution in [2.75, 3.05) is 6.54 Å². The molecule has 2 rings (SSSR count). The van der Waals surface area contributed by atoms with Crippen molar-refractivity contribution in [3.05, 3.63) is 16.6 Å². The van der Waals surface area contributed by atoms with Crippen molar-refractivity contribution < 1.29 is 9.59 Å². The van der Waals surface area contributed by atoms with Crippen LogP contribution >= 0.6 is 11.3 Å². The molecule has 0 aromatic carbocycles. The summed E-state index contributed by atoms with van der Waals surface area (Å²) in [5.74, 6) is -0.208. The Morgan fingerprint density at radius 3 is 2.73 bits per heavy atom. The van der Waals surface area contributed by atoms with Crippen molar-refractivity contribution in [2.45, 2.75) is 19.4 Å². The van der Waals surface area contributed by atoms with Crippen LogP contribution in [-0.2, 0) is 10.3 Å². The van der Waals surface area contributed by atoms with Gasteiger partial charge >= 0.3 is 6.03 Å². The SMILES string of the molecule is CC(C)(c1nccs1)N1C(=O)CNC1=O. The predicted molar refractivity (Wildman–Crippen MR) is 55.4 cm³/mol. The van der Waals surface area contributed by atoms with E-state index in [1.54, 1.807) is 6.20 Å². The number of thiazole rings is 1. The Hall–Kier alpha value is -1.43. The molecule has 1 aliphatic heterocycles. The van der Waals surface area contributed by atoms with E-state index in [4.69, 9.17) is 0 Å². The topological polar surface area (TPSA) is 62.3 Å². The number of carbonyl (C=O) groups is 2. The minimum Gasteiger partial charge on any atom is -0.329 e. The Labute approximate surface area is 91.1 Å². The molecular formula is C9H11N3O2S. The molecule has 6 heteroatoms. The predicted octanol–water partition coefficient (Wildman–Crippen LogP) is 0.930. The van der Waals surface area contributed by atoms with Crippen LogP contribution in [0.2, 0.25) is 0 Å². The zero-order valence-corrected chi connectivity index (χ0v) is 9.30. The van der Waals surface area contributed by atoms with E-state index in [2.05, 4.69) is 10.3 Å². The number of amides is 3. The lowest BCUT2D eigenvalue weighted by molar-refractivity contribution is -0.128. The molecule has 0 atom stereocenters. The average Bonchev–Trinajstić information content (AvgIpc) is 2.75. The maximum Gasteiger partial charge on any atom is 0.325 e. The first-order valence-electron chi connectivity index (χ1n) is 4.54. The molecular weight excluding hydrogens is 214 g/mol. The molecule has 0 saturated carbocycles. The molecule has 15 heavy (non-hydrogen) atoms. The molecule has 1 aromatic rings. The molecule has 80 valence electrons. The molecule has 1 aliphatic rings. The monoisotopic (exact) mass is 225 g/mol. The first-order valence-corrected chi connectivity index (χ1v) is 5.42. The number of hydrogen-bond acceptors (Lipinski definition) is 4. The summed E-state index contributed by atoms with van der Waals surface area (Å²) in [5.41, 5.74) is -0.675. The normalized spacial score (nSPS) is 17.1. The highest BCUT2D eigenvalue weighted by Crippen LogP contribution is 2.30. The van der Waals surface area contributed by atoms with Crippen LogP contribution < -0.4 is 5.32 Å². The highest BCUT2D eigenvalue weighted by atomic mass is 32.1. The van der Waals surface area contributed by atoms with Gasteiger partial charge in [0.05, 0.1) is 12.1 Å². The number of urea groups is 1. The maximum absolute atomic E-state index is 11.5. The van der Waals surface area contributed by atoms with Gasteiger partial charge in [0.1, 0.15) is 5.01 Å². The summed E-state index contributed by atoms with van der Waals surface area (Å²) in [7, 11) is 0. The summed E-state index contributed by atoms with van der Waals surface area (Å²) in [6, 6.07) is -0.347. The quantitative estimate of drug-likeness (QED) is 0.762. The van der Waals surface area contributed by atoms with Crippen molar-refractivity contribution in [1.82, 2.24) is 15.2 Å². The molecule has 2 heterocycles. The number of aromatic nitrogens is 1. The minimum absolute atomic E-state index is 0.0770. The van der Waals surface area contributed by atoms with E-state index in [1.807, 2.05) is 19.2 Å². The molecule has 1 aromatic heterocycles. The fourth-order valence-electron chi connectivity index (χ4n) is 1.61. The van der Waals surface area contributed by atoms with Gasteiger partial charge in [0.25, 0.3) is 5.91 Å². The van der Waals surface area contributed by atoms with E-state index in [9.17, 15) is 9.59 Å². The van der Waals surface area contributed by atoms with Crippen LogP contribution in [0.4, 0.5) is 4.79 Å². The van der Waals surface area contributed by atoms with Crippen molar-refractivity contribution >= 4 is 23.3 Å². The second kappa shape index (κ2) is 3.30. The molecule has 0 unspecified atom stereocenters. The fourth-order valence-corrected chi connectivity index (χ4v) is 2.36. The van der Waals surface area contributed by atoms with Gasteiger partial charge in [0, 0.05) is 11.6 Å². The third kappa shape index (κ3) is 1.50. The second-order valence-corrected chi connectivity index (χ2v) is 4.68. The molecule has 1 fully saturated rings. The molecule has 1 N–H and O–H groups in total. The summed E-state index contributed by atoms with van der Waals surface area (Å²) in [4.78, 5) is 28.4. The Kier molecular flexibility index (Phi) is 2.22. The highest BCUT2D eigenvalue weighted by Gasteiger charge is 2.42.